The molecule has 0 unspecified atom stereocenters. The molecule has 0 saturated heterocycles. The van der Waals surface area contributed by atoms with Gasteiger partial charge in [0, 0.05) is 11.3 Å². The van der Waals surface area contributed by atoms with Crippen LogP contribution < -0.4 is 5.73 Å². The largest absolute Gasteiger partial charge is 0.478 e. The highest BCUT2D eigenvalue weighted by atomic mass is 19.3. The Hall–Kier alpha value is -1.65. The van der Waals surface area contributed by atoms with Crippen molar-refractivity contribution in [2.24, 2.45) is 0 Å². The molecule has 14 heavy (non-hydrogen) atoms. The molecule has 0 saturated carbocycles. The van der Waals surface area contributed by atoms with Gasteiger partial charge in [-0.1, -0.05) is 0 Å². The quantitative estimate of drug-likeness (QED) is 0.721. The lowest BCUT2D eigenvalue weighted by Gasteiger charge is -2.08. The van der Waals surface area contributed by atoms with Crippen molar-refractivity contribution in [2.75, 3.05) is 5.73 Å². The summed E-state index contributed by atoms with van der Waals surface area (Å²) in [6.45, 7) is 1.43. The summed E-state index contributed by atoms with van der Waals surface area (Å²) in [7, 11) is 0. The van der Waals surface area contributed by atoms with E-state index < -0.39 is 12.4 Å². The lowest BCUT2D eigenvalue weighted by Crippen LogP contribution is -2.03. The van der Waals surface area contributed by atoms with Crippen molar-refractivity contribution in [3.05, 3.63) is 28.8 Å². The molecule has 0 fully saturated rings. The highest BCUT2D eigenvalue weighted by Gasteiger charge is 2.16. The number of hydrogen-bond acceptors (Lipinski definition) is 2. The number of halogens is 2. The number of benzene rings is 1. The van der Waals surface area contributed by atoms with Crippen molar-refractivity contribution >= 4 is 11.7 Å². The summed E-state index contributed by atoms with van der Waals surface area (Å²) in [6.07, 6.45) is -2.71. The highest BCUT2D eigenvalue weighted by molar-refractivity contribution is 5.89. The van der Waals surface area contributed by atoms with Crippen LogP contribution in [0.3, 0.4) is 0 Å². The van der Waals surface area contributed by atoms with Gasteiger partial charge in [0.25, 0.3) is 6.43 Å². The molecule has 0 aliphatic heterocycles. The van der Waals surface area contributed by atoms with Crippen molar-refractivity contribution in [3.8, 4) is 0 Å². The molecule has 0 aromatic heterocycles. The van der Waals surface area contributed by atoms with E-state index in [1.165, 1.54) is 13.0 Å². The van der Waals surface area contributed by atoms with Crippen molar-refractivity contribution in [1.82, 2.24) is 0 Å². The summed E-state index contributed by atoms with van der Waals surface area (Å²) in [5.41, 5.74) is 5.15. The number of alkyl halides is 2. The van der Waals surface area contributed by atoms with Gasteiger partial charge in [0.1, 0.15) is 0 Å². The average molecular weight is 201 g/mol. The van der Waals surface area contributed by atoms with Crippen molar-refractivity contribution in [2.45, 2.75) is 13.3 Å². The minimum atomic E-state index is -2.71. The maximum atomic E-state index is 12.4. The van der Waals surface area contributed by atoms with Crippen molar-refractivity contribution in [1.29, 1.82) is 0 Å². The fourth-order valence-electron chi connectivity index (χ4n) is 1.11. The zero-order valence-electron chi connectivity index (χ0n) is 7.42. The molecular formula is C9H9F2NO2. The normalized spacial score (nSPS) is 10.6. The molecule has 3 N–H and O–H groups in total. The van der Waals surface area contributed by atoms with Crippen molar-refractivity contribution in [3.63, 3.8) is 0 Å². The molecule has 0 aliphatic rings. The minimum absolute atomic E-state index is 0.0696. The summed E-state index contributed by atoms with van der Waals surface area (Å²) in [5, 5.41) is 8.61. The third-order valence-electron chi connectivity index (χ3n) is 1.97. The van der Waals surface area contributed by atoms with Crippen LogP contribution in [0, 0.1) is 6.92 Å². The third-order valence-corrected chi connectivity index (χ3v) is 1.97. The number of aromatic carboxylic acids is 1. The van der Waals surface area contributed by atoms with Gasteiger partial charge in [0.15, 0.2) is 0 Å². The Morgan fingerprint density at radius 3 is 2.50 bits per heavy atom. The maximum absolute atomic E-state index is 12.4. The zero-order chi connectivity index (χ0) is 10.9. The van der Waals surface area contributed by atoms with Crippen LogP contribution in [0.1, 0.15) is 27.9 Å². The second-order valence-corrected chi connectivity index (χ2v) is 2.89. The predicted molar refractivity (Wildman–Crippen MR) is 47.5 cm³/mol. The van der Waals surface area contributed by atoms with Crippen LogP contribution in [-0.4, -0.2) is 11.1 Å². The van der Waals surface area contributed by atoms with Crippen LogP contribution in [-0.2, 0) is 0 Å². The van der Waals surface area contributed by atoms with Gasteiger partial charge in [0.2, 0.25) is 0 Å². The topological polar surface area (TPSA) is 63.3 Å². The number of rotatable bonds is 2. The molecule has 0 spiro atoms. The Labute approximate surface area is 79.2 Å². The van der Waals surface area contributed by atoms with E-state index >= 15 is 0 Å². The number of carboxylic acid groups (broad SMARTS) is 1. The van der Waals surface area contributed by atoms with Gasteiger partial charge < -0.3 is 10.8 Å². The summed E-state index contributed by atoms with van der Waals surface area (Å²) in [5.74, 6) is -1.27. The molecule has 1 aromatic carbocycles. The number of nitrogen functional groups attached to an aromatic ring is 1. The van der Waals surface area contributed by atoms with Crippen LogP contribution in [0.5, 0.6) is 0 Å². The van der Waals surface area contributed by atoms with Crippen LogP contribution in [0.15, 0.2) is 12.1 Å². The number of anilines is 1. The third kappa shape index (κ3) is 1.81. The van der Waals surface area contributed by atoms with E-state index in [0.29, 0.717) is 0 Å². The maximum Gasteiger partial charge on any atom is 0.335 e. The summed E-state index contributed by atoms with van der Waals surface area (Å²) in [6, 6.07) is 2.11. The van der Waals surface area contributed by atoms with Gasteiger partial charge >= 0.3 is 5.97 Å². The first-order valence-corrected chi connectivity index (χ1v) is 3.85. The molecule has 5 heteroatoms. The Morgan fingerprint density at radius 1 is 1.50 bits per heavy atom. The Balaban J connectivity index is 3.35. The highest BCUT2D eigenvalue weighted by Crippen LogP contribution is 2.27. The lowest BCUT2D eigenvalue weighted by molar-refractivity contribution is 0.0696. The first kappa shape index (κ1) is 10.4. The van der Waals surface area contributed by atoms with Gasteiger partial charge in [-0.3, -0.25) is 0 Å². The molecule has 3 nitrogen and oxygen atoms in total. The lowest BCUT2D eigenvalue weighted by atomic mass is 10.0. The van der Waals surface area contributed by atoms with E-state index in [9.17, 15) is 13.6 Å². The molecule has 0 atom stereocenters. The smallest absolute Gasteiger partial charge is 0.335 e. The standard InChI is InChI=1S/C9H9F2NO2/c1-4-6(8(10)11)2-5(9(13)14)3-7(4)12/h2-3,8H,12H2,1H3,(H,13,14). The summed E-state index contributed by atoms with van der Waals surface area (Å²) in [4.78, 5) is 10.5. The number of carboxylic acids is 1. The minimum Gasteiger partial charge on any atom is -0.478 e. The molecule has 76 valence electrons. The van der Waals surface area contributed by atoms with E-state index in [2.05, 4.69) is 0 Å². The van der Waals surface area contributed by atoms with Gasteiger partial charge in [-0.25, -0.2) is 13.6 Å². The summed E-state index contributed by atoms with van der Waals surface area (Å²) < 4.78 is 24.8. The van der Waals surface area contributed by atoms with E-state index in [0.717, 1.165) is 6.07 Å². The molecule has 0 heterocycles. The van der Waals surface area contributed by atoms with E-state index in [1.807, 2.05) is 0 Å². The summed E-state index contributed by atoms with van der Waals surface area (Å²) >= 11 is 0. The first-order valence-electron chi connectivity index (χ1n) is 3.85. The van der Waals surface area contributed by atoms with Crippen LogP contribution in [0.25, 0.3) is 0 Å². The molecule has 0 amide bonds. The molecular weight excluding hydrogens is 192 g/mol. The molecule has 1 rings (SSSR count). The van der Waals surface area contributed by atoms with Gasteiger partial charge in [0.05, 0.1) is 5.56 Å². The fourth-order valence-corrected chi connectivity index (χ4v) is 1.11. The molecule has 0 aliphatic carbocycles. The van der Waals surface area contributed by atoms with Gasteiger partial charge in [-0.05, 0) is 24.6 Å². The molecule has 0 bridgehead atoms. The Morgan fingerprint density at radius 2 is 2.07 bits per heavy atom. The SMILES string of the molecule is Cc1c(N)cc(C(=O)O)cc1C(F)F. The van der Waals surface area contributed by atoms with Crippen molar-refractivity contribution < 1.29 is 18.7 Å². The Kier molecular flexibility index (Phi) is 2.69. The van der Waals surface area contributed by atoms with Crippen LogP contribution >= 0.6 is 0 Å². The first-order chi connectivity index (χ1) is 6.43. The number of carbonyl (C=O) groups is 1. The number of hydrogen-bond donors (Lipinski definition) is 2. The van der Waals surface area contributed by atoms with Gasteiger partial charge in [-0.2, -0.15) is 0 Å². The second kappa shape index (κ2) is 3.61. The zero-order valence-corrected chi connectivity index (χ0v) is 7.42. The predicted octanol–water partition coefficient (Wildman–Crippen LogP) is 2.21. The van der Waals surface area contributed by atoms with E-state index in [1.54, 1.807) is 0 Å². The Bertz CT molecular complexity index is 377. The second-order valence-electron chi connectivity index (χ2n) is 2.89. The molecule has 0 radical (unpaired) electrons. The van der Waals surface area contributed by atoms with Crippen LogP contribution in [0.4, 0.5) is 14.5 Å². The van der Waals surface area contributed by atoms with Gasteiger partial charge in [-0.15, -0.1) is 0 Å². The average Bonchev–Trinajstić information content (AvgIpc) is 2.08. The van der Waals surface area contributed by atoms with E-state index in [-0.39, 0.29) is 22.4 Å². The molecule has 1 aromatic rings. The van der Waals surface area contributed by atoms with E-state index in [4.69, 9.17) is 10.8 Å². The van der Waals surface area contributed by atoms with Crippen LogP contribution in [0.2, 0.25) is 0 Å². The fraction of sp³-hybridized carbons (Fsp3) is 0.222. The number of nitrogens with two attached hydrogens (primary N) is 1. The monoisotopic (exact) mass is 201 g/mol.